The van der Waals surface area contributed by atoms with Crippen LogP contribution < -0.4 is 0 Å². The lowest BCUT2D eigenvalue weighted by atomic mass is 9.94. The number of thiophene rings is 1. The Morgan fingerprint density at radius 3 is 2.59 bits per heavy atom. The summed E-state index contributed by atoms with van der Waals surface area (Å²) in [5, 5.41) is -0.278. The van der Waals surface area contributed by atoms with Crippen molar-refractivity contribution in [2.24, 2.45) is 0 Å². The first kappa shape index (κ1) is 21.1. The predicted octanol–water partition coefficient (Wildman–Crippen LogP) is 3.08. The van der Waals surface area contributed by atoms with Gasteiger partial charge in [-0.1, -0.05) is 6.07 Å². The molecule has 0 atom stereocenters. The molecule has 5 rings (SSSR count). The molecule has 3 aromatic rings. The maximum absolute atomic E-state index is 13.7. The van der Waals surface area contributed by atoms with Crippen molar-refractivity contribution in [1.82, 2.24) is 14.9 Å². The number of hydrogen-bond acceptors (Lipinski definition) is 7. The van der Waals surface area contributed by atoms with Gasteiger partial charge in [-0.2, -0.15) is 0 Å². The SMILES string of the molecule is Cc1cnc(S(C)(=O)=O)nc1-c1cc2c(s1)C1(COC1)N(Cc1ccc(F)c(F)c1)C2=O. The lowest BCUT2D eigenvalue weighted by Gasteiger charge is -2.45. The largest absolute Gasteiger partial charge is 0.376 e. The van der Waals surface area contributed by atoms with Gasteiger partial charge in [-0.15, -0.1) is 11.3 Å². The smallest absolute Gasteiger partial charge is 0.256 e. The molecule has 0 radical (unpaired) electrons. The van der Waals surface area contributed by atoms with E-state index >= 15 is 0 Å². The summed E-state index contributed by atoms with van der Waals surface area (Å²) in [6.45, 7) is 2.45. The van der Waals surface area contributed by atoms with Crippen LogP contribution in [0.15, 0.2) is 35.6 Å². The normalized spacial score (nSPS) is 17.0. The van der Waals surface area contributed by atoms with Gasteiger partial charge in [0.15, 0.2) is 11.6 Å². The fourth-order valence-electron chi connectivity index (χ4n) is 3.95. The fourth-order valence-corrected chi connectivity index (χ4v) is 5.83. The number of aryl methyl sites for hydroxylation is 1. The molecule has 1 spiro atoms. The Bertz CT molecular complexity index is 1380. The first-order valence-electron chi connectivity index (χ1n) is 9.62. The van der Waals surface area contributed by atoms with Crippen molar-refractivity contribution in [2.45, 2.75) is 24.2 Å². The van der Waals surface area contributed by atoms with Crippen molar-refractivity contribution in [3.8, 4) is 10.6 Å². The van der Waals surface area contributed by atoms with Crippen LogP contribution in [-0.4, -0.2) is 48.7 Å². The van der Waals surface area contributed by atoms with Crippen molar-refractivity contribution >= 4 is 27.1 Å². The number of rotatable bonds is 4. The van der Waals surface area contributed by atoms with Gasteiger partial charge in [-0.3, -0.25) is 4.79 Å². The average Bonchev–Trinajstić information content (AvgIpc) is 3.21. The number of ether oxygens (including phenoxy) is 1. The third kappa shape index (κ3) is 3.14. The van der Waals surface area contributed by atoms with Crippen molar-refractivity contribution < 1.29 is 26.7 Å². The third-order valence-corrected chi connectivity index (χ3v) is 7.86. The number of fused-ring (bicyclic) bond motifs is 2. The fraction of sp³-hybridized carbons (Fsp3) is 0.286. The van der Waals surface area contributed by atoms with Gasteiger partial charge >= 0.3 is 0 Å². The van der Waals surface area contributed by atoms with Crippen molar-refractivity contribution in [3.05, 3.63) is 63.7 Å². The molecule has 7 nitrogen and oxygen atoms in total. The van der Waals surface area contributed by atoms with Gasteiger partial charge in [-0.25, -0.2) is 27.2 Å². The van der Waals surface area contributed by atoms with E-state index in [2.05, 4.69) is 9.97 Å². The molecule has 0 saturated carbocycles. The molecule has 11 heteroatoms. The van der Waals surface area contributed by atoms with Gasteiger partial charge in [0.05, 0.1) is 29.3 Å². The number of sulfone groups is 1. The van der Waals surface area contributed by atoms with Gasteiger partial charge < -0.3 is 9.64 Å². The lowest BCUT2D eigenvalue weighted by molar-refractivity contribution is -0.126. The number of carbonyl (C=O) groups excluding carboxylic acids is 1. The summed E-state index contributed by atoms with van der Waals surface area (Å²) in [6.07, 6.45) is 2.49. The van der Waals surface area contributed by atoms with E-state index in [-0.39, 0.29) is 30.8 Å². The van der Waals surface area contributed by atoms with Crippen molar-refractivity contribution in [2.75, 3.05) is 19.5 Å². The number of amides is 1. The number of carbonyl (C=O) groups is 1. The molecule has 32 heavy (non-hydrogen) atoms. The van der Waals surface area contributed by atoms with Crippen LogP contribution in [0.5, 0.6) is 0 Å². The first-order chi connectivity index (χ1) is 15.1. The standard InChI is InChI=1S/C21H17F2N3O4S2/c1-11-7-24-20(32(2,28)29)25-17(11)16-6-13-18(31-16)21(9-30-10-21)26(19(13)27)8-12-3-4-14(22)15(23)5-12/h3-7H,8-10H2,1-2H3. The molecule has 0 unspecified atom stereocenters. The summed E-state index contributed by atoms with van der Waals surface area (Å²) >= 11 is 1.35. The number of benzene rings is 1. The monoisotopic (exact) mass is 477 g/mol. The second-order valence-electron chi connectivity index (χ2n) is 7.97. The molecule has 1 aromatic carbocycles. The molecule has 166 valence electrons. The van der Waals surface area contributed by atoms with E-state index < -0.39 is 27.0 Å². The Morgan fingerprint density at radius 2 is 1.97 bits per heavy atom. The summed E-state index contributed by atoms with van der Waals surface area (Å²) in [4.78, 5) is 24.5. The van der Waals surface area contributed by atoms with Crippen LogP contribution in [0.2, 0.25) is 0 Å². The highest BCUT2D eigenvalue weighted by molar-refractivity contribution is 7.90. The van der Waals surface area contributed by atoms with Crippen molar-refractivity contribution in [3.63, 3.8) is 0 Å². The Hall–Kier alpha value is -2.76. The highest BCUT2D eigenvalue weighted by Crippen LogP contribution is 2.50. The maximum atomic E-state index is 13.7. The zero-order valence-corrected chi connectivity index (χ0v) is 18.7. The highest BCUT2D eigenvalue weighted by Gasteiger charge is 2.56. The number of hydrogen-bond donors (Lipinski definition) is 0. The van der Waals surface area contributed by atoms with Crippen LogP contribution in [0.1, 0.15) is 26.4 Å². The molecule has 2 aliphatic heterocycles. The van der Waals surface area contributed by atoms with E-state index in [9.17, 15) is 22.0 Å². The lowest BCUT2D eigenvalue weighted by Crippen LogP contribution is -2.56. The number of halogens is 2. The van der Waals surface area contributed by atoms with Crippen LogP contribution in [-0.2, 0) is 26.7 Å². The minimum atomic E-state index is -3.59. The molecule has 1 amide bonds. The second-order valence-corrected chi connectivity index (χ2v) is 10.9. The molecule has 2 aromatic heterocycles. The van der Waals surface area contributed by atoms with E-state index in [4.69, 9.17) is 4.74 Å². The molecule has 0 N–H and O–H groups in total. The van der Waals surface area contributed by atoms with E-state index in [1.807, 2.05) is 0 Å². The molecule has 0 aliphatic carbocycles. The van der Waals surface area contributed by atoms with Crippen LogP contribution in [0.4, 0.5) is 8.78 Å². The number of nitrogens with zero attached hydrogens (tertiary/aromatic N) is 3. The molecule has 1 saturated heterocycles. The van der Waals surface area contributed by atoms with Crippen LogP contribution >= 0.6 is 11.3 Å². The molecule has 1 fully saturated rings. The minimum absolute atomic E-state index is 0.112. The highest BCUT2D eigenvalue weighted by atomic mass is 32.2. The predicted molar refractivity (Wildman–Crippen MR) is 112 cm³/mol. The van der Waals surface area contributed by atoms with Crippen molar-refractivity contribution in [1.29, 1.82) is 0 Å². The van der Waals surface area contributed by atoms with E-state index in [1.165, 1.54) is 23.6 Å². The van der Waals surface area contributed by atoms with Crippen LogP contribution in [0.25, 0.3) is 10.6 Å². The van der Waals surface area contributed by atoms with E-state index in [1.54, 1.807) is 17.9 Å². The minimum Gasteiger partial charge on any atom is -0.376 e. The van der Waals surface area contributed by atoms with Gasteiger partial charge in [0.2, 0.25) is 15.0 Å². The molecule has 0 bridgehead atoms. The Labute approximate surface area is 186 Å². The van der Waals surface area contributed by atoms with Gasteiger partial charge in [0, 0.05) is 23.9 Å². The Morgan fingerprint density at radius 1 is 1.22 bits per heavy atom. The Balaban J connectivity index is 1.54. The summed E-state index contributed by atoms with van der Waals surface area (Å²) in [5.74, 6) is -2.16. The van der Waals surface area contributed by atoms with Crippen LogP contribution in [0, 0.1) is 18.6 Å². The second kappa shape index (κ2) is 7.12. The topological polar surface area (TPSA) is 89.5 Å². The molecular weight excluding hydrogens is 460 g/mol. The molecular formula is C21H17F2N3O4S2. The Kier molecular flexibility index (Phi) is 4.70. The summed E-state index contributed by atoms with van der Waals surface area (Å²) < 4.78 is 56.2. The van der Waals surface area contributed by atoms with Crippen LogP contribution in [0.3, 0.4) is 0 Å². The zero-order chi connectivity index (χ0) is 22.8. The van der Waals surface area contributed by atoms with E-state index in [0.717, 1.165) is 23.3 Å². The summed E-state index contributed by atoms with van der Waals surface area (Å²) in [7, 11) is -3.59. The van der Waals surface area contributed by atoms with Gasteiger partial charge in [0.25, 0.3) is 5.91 Å². The van der Waals surface area contributed by atoms with E-state index in [0.29, 0.717) is 27.3 Å². The molecule has 4 heterocycles. The number of aromatic nitrogens is 2. The quantitative estimate of drug-likeness (QED) is 0.537. The first-order valence-corrected chi connectivity index (χ1v) is 12.3. The summed E-state index contributed by atoms with van der Waals surface area (Å²) in [5.41, 5.74) is 1.40. The maximum Gasteiger partial charge on any atom is 0.256 e. The third-order valence-electron chi connectivity index (χ3n) is 5.67. The zero-order valence-electron chi connectivity index (χ0n) is 17.1. The summed E-state index contributed by atoms with van der Waals surface area (Å²) in [6, 6.07) is 5.29. The average molecular weight is 478 g/mol. The molecule has 2 aliphatic rings. The van der Waals surface area contributed by atoms with Gasteiger partial charge in [-0.05, 0) is 36.2 Å². The van der Waals surface area contributed by atoms with Gasteiger partial charge in [0.1, 0.15) is 5.54 Å².